The third-order valence-corrected chi connectivity index (χ3v) is 4.37. The van der Waals surface area contributed by atoms with Gasteiger partial charge in [-0.1, -0.05) is 18.2 Å². The van der Waals surface area contributed by atoms with Gasteiger partial charge in [0.25, 0.3) is 0 Å². The molecule has 2 N–H and O–H groups in total. The number of aliphatic hydroxyl groups excluding tert-OH is 1. The summed E-state index contributed by atoms with van der Waals surface area (Å²) in [5.41, 5.74) is 0. The second-order valence-corrected chi connectivity index (χ2v) is 6.66. The summed E-state index contributed by atoms with van der Waals surface area (Å²) in [5.74, 6) is 0.487. The first-order valence-electron chi connectivity index (χ1n) is 7.30. The van der Waals surface area contributed by atoms with Crippen molar-refractivity contribution in [3.8, 4) is 0 Å². The lowest BCUT2D eigenvalue weighted by molar-refractivity contribution is -0.121. The molecule has 0 bridgehead atoms. The summed E-state index contributed by atoms with van der Waals surface area (Å²) in [6, 6.07) is 13.2. The average Bonchev–Trinajstić information content (AvgIpc) is 3.02. The minimum absolute atomic E-state index is 0.0343. The van der Waals surface area contributed by atoms with E-state index in [1.807, 2.05) is 44.2 Å². The molecular formula is C17H21NO3S. The molecule has 0 aliphatic heterocycles. The van der Waals surface area contributed by atoms with E-state index < -0.39 is 6.10 Å². The summed E-state index contributed by atoms with van der Waals surface area (Å²) in [6.07, 6.45) is 1.24. The van der Waals surface area contributed by atoms with Gasteiger partial charge in [-0.2, -0.15) is 0 Å². The molecule has 1 amide bonds. The van der Waals surface area contributed by atoms with E-state index in [-0.39, 0.29) is 17.2 Å². The molecule has 1 heterocycles. The first kappa shape index (κ1) is 16.6. The predicted molar refractivity (Wildman–Crippen MR) is 87.7 cm³/mol. The summed E-state index contributed by atoms with van der Waals surface area (Å²) in [4.78, 5) is 13.3. The molecule has 0 aliphatic carbocycles. The number of nitrogens with one attached hydrogen (secondary N) is 1. The first-order valence-corrected chi connectivity index (χ1v) is 8.17. The zero-order valence-corrected chi connectivity index (χ0v) is 13.5. The van der Waals surface area contributed by atoms with Gasteiger partial charge in [-0.3, -0.25) is 4.79 Å². The molecule has 2 rings (SSSR count). The Bertz CT molecular complexity index is 571. The van der Waals surface area contributed by atoms with E-state index in [9.17, 15) is 9.90 Å². The number of furan rings is 1. The quantitative estimate of drug-likeness (QED) is 0.768. The van der Waals surface area contributed by atoms with Crippen LogP contribution in [0.5, 0.6) is 0 Å². The fourth-order valence-corrected chi connectivity index (χ4v) is 3.01. The molecule has 2 aromatic rings. The minimum atomic E-state index is -0.706. The molecule has 0 fully saturated rings. The maximum absolute atomic E-state index is 12.2. The third-order valence-electron chi connectivity index (χ3n) is 3.26. The topological polar surface area (TPSA) is 62.5 Å². The van der Waals surface area contributed by atoms with E-state index in [2.05, 4.69) is 5.32 Å². The van der Waals surface area contributed by atoms with Crippen molar-refractivity contribution < 1.29 is 14.3 Å². The number of hydrogen-bond acceptors (Lipinski definition) is 4. The van der Waals surface area contributed by atoms with Gasteiger partial charge in [0.1, 0.15) is 11.9 Å². The fraction of sp³-hybridized carbons (Fsp3) is 0.353. The lowest BCUT2D eigenvalue weighted by Gasteiger charge is -2.19. The highest BCUT2D eigenvalue weighted by atomic mass is 32.2. The molecule has 3 unspecified atom stereocenters. The highest BCUT2D eigenvalue weighted by Gasteiger charge is 2.19. The number of carbonyl (C=O) groups excluding carboxylic acids is 1. The van der Waals surface area contributed by atoms with Gasteiger partial charge >= 0.3 is 0 Å². The van der Waals surface area contributed by atoms with Crippen LogP contribution in [0.1, 0.15) is 32.1 Å². The standard InChI is InChI=1S/C17H21NO3S/c1-12(11-15(19)16-9-6-10-21-16)18-17(20)13(2)22-14-7-4-3-5-8-14/h3-10,12-13,15,19H,11H2,1-2H3,(H,18,20). The molecule has 0 saturated heterocycles. The van der Waals surface area contributed by atoms with Gasteiger partial charge in [0.15, 0.2) is 0 Å². The van der Waals surface area contributed by atoms with Crippen LogP contribution in [-0.2, 0) is 4.79 Å². The van der Waals surface area contributed by atoms with Gasteiger partial charge < -0.3 is 14.8 Å². The molecule has 0 saturated carbocycles. The van der Waals surface area contributed by atoms with Gasteiger partial charge in [-0.05, 0) is 38.1 Å². The second kappa shape index (κ2) is 8.06. The number of thioether (sulfide) groups is 1. The predicted octanol–water partition coefficient (Wildman–Crippen LogP) is 3.39. The Morgan fingerprint density at radius 2 is 1.95 bits per heavy atom. The van der Waals surface area contributed by atoms with E-state index in [1.54, 1.807) is 12.1 Å². The van der Waals surface area contributed by atoms with Crippen LogP contribution in [-0.4, -0.2) is 22.3 Å². The lowest BCUT2D eigenvalue weighted by Crippen LogP contribution is -2.38. The number of benzene rings is 1. The van der Waals surface area contributed by atoms with Crippen LogP contribution in [0, 0.1) is 0 Å². The first-order chi connectivity index (χ1) is 10.6. The molecule has 22 heavy (non-hydrogen) atoms. The van der Waals surface area contributed by atoms with Crippen LogP contribution in [0.3, 0.4) is 0 Å². The van der Waals surface area contributed by atoms with Crippen molar-refractivity contribution >= 4 is 17.7 Å². The van der Waals surface area contributed by atoms with Gasteiger partial charge in [0, 0.05) is 17.4 Å². The van der Waals surface area contributed by atoms with E-state index in [0.717, 1.165) is 4.90 Å². The molecule has 3 atom stereocenters. The Morgan fingerprint density at radius 3 is 2.59 bits per heavy atom. The summed E-state index contributed by atoms with van der Waals surface area (Å²) in [6.45, 7) is 3.76. The Kier molecular flexibility index (Phi) is 6.10. The Balaban J connectivity index is 1.80. The van der Waals surface area contributed by atoms with Crippen molar-refractivity contribution in [3.05, 3.63) is 54.5 Å². The van der Waals surface area contributed by atoms with Crippen molar-refractivity contribution in [1.29, 1.82) is 0 Å². The van der Waals surface area contributed by atoms with Crippen LogP contribution in [0.25, 0.3) is 0 Å². The zero-order chi connectivity index (χ0) is 15.9. The van der Waals surface area contributed by atoms with E-state index in [4.69, 9.17) is 4.42 Å². The molecule has 5 heteroatoms. The number of rotatable bonds is 7. The van der Waals surface area contributed by atoms with Gasteiger partial charge in [-0.15, -0.1) is 11.8 Å². The third kappa shape index (κ3) is 4.93. The summed E-state index contributed by atoms with van der Waals surface area (Å²) in [5, 5.41) is 12.8. The molecule has 0 spiro atoms. The molecule has 118 valence electrons. The molecular weight excluding hydrogens is 298 g/mol. The maximum atomic E-state index is 12.2. The summed E-state index contributed by atoms with van der Waals surface area (Å²) in [7, 11) is 0. The number of aliphatic hydroxyl groups is 1. The normalized spacial score (nSPS) is 15.0. The monoisotopic (exact) mass is 319 g/mol. The van der Waals surface area contributed by atoms with E-state index in [0.29, 0.717) is 12.2 Å². The van der Waals surface area contributed by atoms with E-state index >= 15 is 0 Å². The van der Waals surface area contributed by atoms with Crippen molar-refractivity contribution in [1.82, 2.24) is 5.32 Å². The maximum Gasteiger partial charge on any atom is 0.233 e. The minimum Gasteiger partial charge on any atom is -0.467 e. The Morgan fingerprint density at radius 1 is 1.23 bits per heavy atom. The highest BCUT2D eigenvalue weighted by Crippen LogP contribution is 2.23. The number of hydrogen-bond donors (Lipinski definition) is 2. The molecule has 1 aromatic heterocycles. The van der Waals surface area contributed by atoms with Crippen molar-refractivity contribution in [2.75, 3.05) is 0 Å². The second-order valence-electron chi connectivity index (χ2n) is 5.25. The number of carbonyl (C=O) groups is 1. The van der Waals surface area contributed by atoms with Gasteiger partial charge in [0.2, 0.25) is 5.91 Å². The molecule has 4 nitrogen and oxygen atoms in total. The van der Waals surface area contributed by atoms with Crippen LogP contribution in [0.2, 0.25) is 0 Å². The zero-order valence-electron chi connectivity index (χ0n) is 12.7. The Hall–Kier alpha value is -1.72. The lowest BCUT2D eigenvalue weighted by atomic mass is 10.1. The van der Waals surface area contributed by atoms with Gasteiger partial charge in [0.05, 0.1) is 11.5 Å². The highest BCUT2D eigenvalue weighted by molar-refractivity contribution is 8.00. The van der Waals surface area contributed by atoms with Crippen molar-refractivity contribution in [3.63, 3.8) is 0 Å². The van der Waals surface area contributed by atoms with Crippen LogP contribution in [0.15, 0.2) is 58.0 Å². The Labute approximate surface area is 134 Å². The van der Waals surface area contributed by atoms with Crippen molar-refractivity contribution in [2.24, 2.45) is 0 Å². The van der Waals surface area contributed by atoms with Crippen LogP contribution < -0.4 is 5.32 Å². The average molecular weight is 319 g/mol. The fourth-order valence-electron chi connectivity index (χ4n) is 2.11. The molecule has 0 aliphatic rings. The molecule has 1 aromatic carbocycles. The summed E-state index contributed by atoms with van der Waals surface area (Å²) < 4.78 is 5.16. The van der Waals surface area contributed by atoms with Crippen LogP contribution >= 0.6 is 11.8 Å². The van der Waals surface area contributed by atoms with E-state index in [1.165, 1.54) is 18.0 Å². The smallest absolute Gasteiger partial charge is 0.233 e. The summed E-state index contributed by atoms with van der Waals surface area (Å²) >= 11 is 1.52. The molecule has 0 radical (unpaired) electrons. The SMILES string of the molecule is CC(CC(O)c1ccco1)NC(=O)C(C)Sc1ccccc1. The van der Waals surface area contributed by atoms with Crippen LogP contribution in [0.4, 0.5) is 0 Å². The number of amides is 1. The van der Waals surface area contributed by atoms with Gasteiger partial charge in [-0.25, -0.2) is 0 Å². The largest absolute Gasteiger partial charge is 0.467 e. The van der Waals surface area contributed by atoms with Crippen molar-refractivity contribution in [2.45, 2.75) is 42.6 Å².